The van der Waals surface area contributed by atoms with Gasteiger partial charge in [0.15, 0.2) is 0 Å². The molecule has 1 aliphatic heterocycles. The van der Waals surface area contributed by atoms with Crippen molar-refractivity contribution in [2.24, 2.45) is 22.5 Å². The van der Waals surface area contributed by atoms with Crippen molar-refractivity contribution in [2.45, 2.75) is 77.8 Å². The number of carbonyl (C=O) groups is 1. The molecule has 132 valence electrons. The monoisotopic (exact) mass is 322 g/mol. The lowest BCUT2D eigenvalue weighted by Gasteiger charge is -2.57. The van der Waals surface area contributed by atoms with Crippen LogP contribution in [0.4, 0.5) is 0 Å². The molecule has 4 atom stereocenters. The lowest BCUT2D eigenvalue weighted by atomic mass is 9.59. The lowest BCUT2D eigenvalue weighted by Crippen LogP contribution is -2.70. The zero-order valence-corrected chi connectivity index (χ0v) is 15.4. The van der Waals surface area contributed by atoms with Crippen LogP contribution in [0, 0.1) is 16.7 Å². The zero-order chi connectivity index (χ0) is 16.9. The first-order valence-electron chi connectivity index (χ1n) is 9.48. The van der Waals surface area contributed by atoms with Crippen molar-refractivity contribution in [3.63, 3.8) is 0 Å². The number of piperidine rings is 1. The van der Waals surface area contributed by atoms with Crippen LogP contribution >= 0.6 is 0 Å². The van der Waals surface area contributed by atoms with Crippen LogP contribution in [0.15, 0.2) is 0 Å². The molecule has 4 nitrogen and oxygen atoms in total. The van der Waals surface area contributed by atoms with E-state index in [0.717, 1.165) is 19.5 Å². The maximum absolute atomic E-state index is 12.6. The Bertz CT molecular complexity index is 472. The Labute approximate surface area is 141 Å². The quantitative estimate of drug-likeness (QED) is 0.809. The Morgan fingerprint density at radius 2 is 1.91 bits per heavy atom. The standard InChI is InChI=1S/C19H34N2O2/c1-5-23-16(22)15(20)19(21-11-7-6-8-12-21)13-14-9-10-18(19,4)17(14,2)3/h14-15H,5-13,20H2,1-4H3/t14-,15+,18-,19-/m0/s1. The van der Waals surface area contributed by atoms with E-state index in [1.54, 1.807) is 0 Å². The summed E-state index contributed by atoms with van der Waals surface area (Å²) in [5, 5.41) is 0. The number of esters is 1. The van der Waals surface area contributed by atoms with Crippen molar-refractivity contribution < 1.29 is 9.53 Å². The Kier molecular flexibility index (Phi) is 4.29. The molecule has 0 unspecified atom stereocenters. The number of nitrogens with zero attached hydrogens (tertiary/aromatic N) is 1. The van der Waals surface area contributed by atoms with Crippen molar-refractivity contribution in [1.82, 2.24) is 4.90 Å². The first-order chi connectivity index (χ1) is 10.8. The van der Waals surface area contributed by atoms with Crippen LogP contribution in [0.5, 0.6) is 0 Å². The van der Waals surface area contributed by atoms with Crippen LogP contribution in [-0.2, 0) is 9.53 Å². The number of hydrogen-bond donors (Lipinski definition) is 1. The van der Waals surface area contributed by atoms with Crippen LogP contribution in [0.25, 0.3) is 0 Å². The van der Waals surface area contributed by atoms with Crippen LogP contribution < -0.4 is 5.73 Å². The molecule has 3 aliphatic rings. The number of nitrogens with two attached hydrogens (primary N) is 1. The highest BCUT2D eigenvalue weighted by molar-refractivity contribution is 5.78. The molecule has 1 saturated heterocycles. The SMILES string of the molecule is CCOC(=O)[C@@H](N)[C@@]1(N2CCCCC2)C[C@@H]2CC[C@@]1(C)C2(C)C. The van der Waals surface area contributed by atoms with E-state index in [1.165, 1.54) is 32.1 Å². The molecule has 4 heteroatoms. The molecule has 0 amide bonds. The van der Waals surface area contributed by atoms with Gasteiger partial charge in [-0.05, 0) is 68.9 Å². The fraction of sp³-hybridized carbons (Fsp3) is 0.947. The minimum atomic E-state index is -0.532. The smallest absolute Gasteiger partial charge is 0.324 e. The number of fused-ring (bicyclic) bond motifs is 2. The Morgan fingerprint density at radius 3 is 2.39 bits per heavy atom. The van der Waals surface area contributed by atoms with E-state index in [9.17, 15) is 4.79 Å². The second-order valence-corrected chi connectivity index (χ2v) is 8.70. The molecular weight excluding hydrogens is 288 g/mol. The molecule has 2 aliphatic carbocycles. The molecule has 2 N–H and O–H groups in total. The van der Waals surface area contributed by atoms with Gasteiger partial charge in [-0.1, -0.05) is 27.2 Å². The third-order valence-corrected chi connectivity index (χ3v) is 7.92. The number of hydrogen-bond acceptors (Lipinski definition) is 4. The molecule has 2 bridgehead atoms. The van der Waals surface area contributed by atoms with Gasteiger partial charge in [-0.2, -0.15) is 0 Å². The minimum Gasteiger partial charge on any atom is -0.465 e. The molecule has 0 spiro atoms. The molecule has 2 saturated carbocycles. The molecule has 3 rings (SSSR count). The van der Waals surface area contributed by atoms with E-state index in [2.05, 4.69) is 25.7 Å². The summed E-state index contributed by atoms with van der Waals surface area (Å²) in [6.45, 7) is 11.6. The molecule has 1 heterocycles. The summed E-state index contributed by atoms with van der Waals surface area (Å²) in [6.07, 6.45) is 7.24. The van der Waals surface area contributed by atoms with E-state index >= 15 is 0 Å². The fourth-order valence-electron chi connectivity index (χ4n) is 6.19. The van der Waals surface area contributed by atoms with Crippen molar-refractivity contribution in [3.8, 4) is 0 Å². The predicted octanol–water partition coefficient (Wildman–Crippen LogP) is 2.95. The van der Waals surface area contributed by atoms with Crippen molar-refractivity contribution in [1.29, 1.82) is 0 Å². The van der Waals surface area contributed by atoms with E-state index < -0.39 is 6.04 Å². The largest absolute Gasteiger partial charge is 0.465 e. The van der Waals surface area contributed by atoms with Crippen LogP contribution in [0.3, 0.4) is 0 Å². The van der Waals surface area contributed by atoms with Gasteiger partial charge >= 0.3 is 5.97 Å². The second kappa shape index (κ2) is 5.73. The predicted molar refractivity (Wildman–Crippen MR) is 92.0 cm³/mol. The van der Waals surface area contributed by atoms with Gasteiger partial charge in [0.2, 0.25) is 0 Å². The number of ether oxygens (including phenoxy) is 1. The van der Waals surface area contributed by atoms with Crippen LogP contribution in [0.1, 0.15) is 66.2 Å². The third kappa shape index (κ3) is 2.13. The number of likely N-dealkylation sites (tertiary alicyclic amines) is 1. The van der Waals surface area contributed by atoms with Crippen LogP contribution in [-0.4, -0.2) is 42.1 Å². The first-order valence-corrected chi connectivity index (χ1v) is 9.48. The van der Waals surface area contributed by atoms with Gasteiger partial charge in [-0.15, -0.1) is 0 Å². The van der Waals surface area contributed by atoms with Crippen molar-refractivity contribution in [2.75, 3.05) is 19.7 Å². The summed E-state index contributed by atoms with van der Waals surface area (Å²) < 4.78 is 5.36. The summed E-state index contributed by atoms with van der Waals surface area (Å²) in [5.74, 6) is 0.456. The van der Waals surface area contributed by atoms with Gasteiger partial charge < -0.3 is 10.5 Å². The maximum atomic E-state index is 12.6. The van der Waals surface area contributed by atoms with Gasteiger partial charge in [0.25, 0.3) is 0 Å². The van der Waals surface area contributed by atoms with Crippen molar-refractivity contribution in [3.05, 3.63) is 0 Å². The maximum Gasteiger partial charge on any atom is 0.324 e. The highest BCUT2D eigenvalue weighted by atomic mass is 16.5. The minimum absolute atomic E-state index is 0.0776. The molecule has 0 aromatic carbocycles. The van der Waals surface area contributed by atoms with Gasteiger partial charge in [0, 0.05) is 0 Å². The van der Waals surface area contributed by atoms with Gasteiger partial charge in [0.05, 0.1) is 12.1 Å². The number of rotatable bonds is 4. The highest BCUT2D eigenvalue weighted by Crippen LogP contribution is 2.72. The summed E-state index contributed by atoms with van der Waals surface area (Å²) in [4.78, 5) is 15.2. The summed E-state index contributed by atoms with van der Waals surface area (Å²) in [6, 6.07) is -0.532. The summed E-state index contributed by atoms with van der Waals surface area (Å²) in [5.41, 5.74) is 6.73. The van der Waals surface area contributed by atoms with Crippen LogP contribution in [0.2, 0.25) is 0 Å². The van der Waals surface area contributed by atoms with Crippen molar-refractivity contribution >= 4 is 5.97 Å². The number of carbonyl (C=O) groups excluding carboxylic acids is 1. The second-order valence-electron chi connectivity index (χ2n) is 8.70. The Hall–Kier alpha value is -0.610. The third-order valence-electron chi connectivity index (χ3n) is 7.92. The van der Waals surface area contributed by atoms with Gasteiger partial charge in [0.1, 0.15) is 6.04 Å². The Balaban J connectivity index is 2.03. The molecular formula is C19H34N2O2. The van der Waals surface area contributed by atoms with Gasteiger partial charge in [-0.3, -0.25) is 9.69 Å². The van der Waals surface area contributed by atoms with Gasteiger partial charge in [-0.25, -0.2) is 0 Å². The Morgan fingerprint density at radius 1 is 1.26 bits per heavy atom. The van der Waals surface area contributed by atoms with E-state index in [-0.39, 0.29) is 22.3 Å². The summed E-state index contributed by atoms with van der Waals surface area (Å²) in [7, 11) is 0. The van der Waals surface area contributed by atoms with E-state index in [0.29, 0.717) is 12.5 Å². The molecule has 3 fully saturated rings. The molecule has 0 radical (unpaired) electrons. The first kappa shape index (κ1) is 17.2. The van der Waals surface area contributed by atoms with E-state index in [1.807, 2.05) is 6.92 Å². The highest BCUT2D eigenvalue weighted by Gasteiger charge is 2.73. The zero-order valence-electron chi connectivity index (χ0n) is 15.4. The molecule has 0 aromatic heterocycles. The fourth-order valence-corrected chi connectivity index (χ4v) is 6.19. The normalized spacial score (nSPS) is 41.0. The average Bonchev–Trinajstić information content (AvgIpc) is 2.87. The van der Waals surface area contributed by atoms with E-state index in [4.69, 9.17) is 10.5 Å². The summed E-state index contributed by atoms with van der Waals surface area (Å²) >= 11 is 0. The lowest BCUT2D eigenvalue weighted by molar-refractivity contribution is -0.156. The average molecular weight is 322 g/mol. The molecule has 23 heavy (non-hydrogen) atoms. The topological polar surface area (TPSA) is 55.6 Å². The molecule has 0 aromatic rings.